The summed E-state index contributed by atoms with van der Waals surface area (Å²) in [5.41, 5.74) is 3.49. The van der Waals surface area contributed by atoms with Gasteiger partial charge in [-0.05, 0) is 106 Å². The molecule has 4 aliphatic rings. The van der Waals surface area contributed by atoms with Crippen LogP contribution in [0, 0.1) is 34.5 Å². The number of aliphatic hydroxyl groups excluding tert-OH is 1. The molecule has 0 radical (unpaired) electrons. The molecular formula is C27H44O2. The first-order valence-corrected chi connectivity index (χ1v) is 12.3. The maximum absolute atomic E-state index is 10.2. The van der Waals surface area contributed by atoms with Crippen molar-refractivity contribution in [3.8, 4) is 0 Å². The normalized spacial score (nSPS) is 43.0. The predicted molar refractivity (Wildman–Crippen MR) is 120 cm³/mol. The first kappa shape index (κ1) is 21.6. The third-order valence-corrected chi connectivity index (χ3v) is 9.68. The molecule has 7 atom stereocenters. The van der Waals surface area contributed by atoms with Gasteiger partial charge in [0, 0.05) is 0 Å². The number of fused-ring (bicyclic) bond motifs is 5. The van der Waals surface area contributed by atoms with Gasteiger partial charge in [-0.25, -0.2) is 0 Å². The highest BCUT2D eigenvalue weighted by molar-refractivity contribution is 5.31. The molecule has 4 rings (SSSR count). The predicted octanol–water partition coefficient (Wildman–Crippen LogP) is 6.42. The van der Waals surface area contributed by atoms with Crippen LogP contribution >= 0.6 is 0 Å². The molecule has 0 heterocycles. The molecule has 0 aromatic carbocycles. The number of rotatable bonds is 5. The zero-order valence-corrected chi connectivity index (χ0v) is 19.5. The average Bonchev–Trinajstić information content (AvgIpc) is 2.98. The summed E-state index contributed by atoms with van der Waals surface area (Å²) in [5.74, 6) is 3.06. The smallest absolute Gasteiger partial charge is 0.0591 e. The SMILES string of the molecule is C[C@H](CCCC(C)(C)O)C1=CC[C@H]2[C@@H]3CC=C4CC(O)CC[C@]4(C)[C@H]3CC[C@]12C. The fourth-order valence-electron chi connectivity index (χ4n) is 8.00. The number of hydrogen-bond donors (Lipinski definition) is 2. The zero-order chi connectivity index (χ0) is 21.0. The molecule has 29 heavy (non-hydrogen) atoms. The summed E-state index contributed by atoms with van der Waals surface area (Å²) >= 11 is 0. The largest absolute Gasteiger partial charge is 0.393 e. The lowest BCUT2D eigenvalue weighted by Gasteiger charge is -2.58. The van der Waals surface area contributed by atoms with Crippen LogP contribution in [-0.2, 0) is 0 Å². The Kier molecular flexibility index (Phi) is 5.61. The van der Waals surface area contributed by atoms with E-state index in [9.17, 15) is 10.2 Å². The molecule has 2 saturated carbocycles. The highest BCUT2D eigenvalue weighted by Crippen LogP contribution is 2.65. The van der Waals surface area contributed by atoms with Gasteiger partial charge >= 0.3 is 0 Å². The lowest BCUT2D eigenvalue weighted by atomic mass is 9.47. The molecule has 1 unspecified atom stereocenters. The van der Waals surface area contributed by atoms with E-state index in [-0.39, 0.29) is 6.10 Å². The second kappa shape index (κ2) is 7.52. The van der Waals surface area contributed by atoms with Gasteiger partial charge in [0.2, 0.25) is 0 Å². The van der Waals surface area contributed by atoms with E-state index in [0.29, 0.717) is 16.7 Å². The molecule has 0 spiro atoms. The molecular weight excluding hydrogens is 356 g/mol. The average molecular weight is 401 g/mol. The number of allylic oxidation sites excluding steroid dienone is 3. The Morgan fingerprint density at radius 2 is 1.79 bits per heavy atom. The van der Waals surface area contributed by atoms with Crippen LogP contribution in [0.1, 0.15) is 98.8 Å². The van der Waals surface area contributed by atoms with Crippen molar-refractivity contribution in [3.63, 3.8) is 0 Å². The van der Waals surface area contributed by atoms with Crippen molar-refractivity contribution in [2.24, 2.45) is 34.5 Å². The van der Waals surface area contributed by atoms with Crippen LogP contribution in [-0.4, -0.2) is 21.9 Å². The zero-order valence-electron chi connectivity index (χ0n) is 19.5. The highest BCUT2D eigenvalue weighted by Gasteiger charge is 2.56. The van der Waals surface area contributed by atoms with Crippen molar-refractivity contribution in [1.82, 2.24) is 0 Å². The van der Waals surface area contributed by atoms with Crippen molar-refractivity contribution < 1.29 is 10.2 Å². The van der Waals surface area contributed by atoms with Crippen molar-refractivity contribution in [3.05, 3.63) is 23.3 Å². The Balaban J connectivity index is 1.48. The van der Waals surface area contributed by atoms with E-state index in [2.05, 4.69) is 32.9 Å². The van der Waals surface area contributed by atoms with E-state index >= 15 is 0 Å². The maximum Gasteiger partial charge on any atom is 0.0591 e. The Labute approximate surface area is 178 Å². The van der Waals surface area contributed by atoms with E-state index in [0.717, 1.165) is 43.4 Å². The summed E-state index contributed by atoms with van der Waals surface area (Å²) < 4.78 is 0. The minimum absolute atomic E-state index is 0.107. The fourth-order valence-corrected chi connectivity index (χ4v) is 8.00. The second-order valence-electron chi connectivity index (χ2n) is 12.1. The molecule has 2 nitrogen and oxygen atoms in total. The summed E-state index contributed by atoms with van der Waals surface area (Å²) in [7, 11) is 0. The van der Waals surface area contributed by atoms with Crippen LogP contribution in [0.15, 0.2) is 23.3 Å². The Morgan fingerprint density at radius 3 is 2.52 bits per heavy atom. The monoisotopic (exact) mass is 400 g/mol. The lowest BCUT2D eigenvalue weighted by molar-refractivity contribution is -0.0316. The lowest BCUT2D eigenvalue weighted by Crippen LogP contribution is -2.50. The first-order chi connectivity index (χ1) is 13.5. The quantitative estimate of drug-likeness (QED) is 0.522. The summed E-state index contributed by atoms with van der Waals surface area (Å²) in [5, 5.41) is 20.3. The topological polar surface area (TPSA) is 40.5 Å². The molecule has 0 aliphatic heterocycles. The van der Waals surface area contributed by atoms with Crippen LogP contribution in [0.4, 0.5) is 0 Å². The van der Waals surface area contributed by atoms with Gasteiger partial charge < -0.3 is 10.2 Å². The van der Waals surface area contributed by atoms with Gasteiger partial charge in [0.25, 0.3) is 0 Å². The van der Waals surface area contributed by atoms with E-state index in [1.165, 1.54) is 38.5 Å². The summed E-state index contributed by atoms with van der Waals surface area (Å²) in [6.07, 6.45) is 16.5. The molecule has 0 amide bonds. The van der Waals surface area contributed by atoms with E-state index in [4.69, 9.17) is 0 Å². The minimum Gasteiger partial charge on any atom is -0.393 e. The van der Waals surface area contributed by atoms with Crippen molar-refractivity contribution in [2.75, 3.05) is 0 Å². The standard InChI is InChI=1S/C27H44O2/c1-18(7-6-14-25(2,3)29)22-10-11-23-21-9-8-19-17-20(28)12-15-26(19,4)24(21)13-16-27(22,23)5/h8,10,18,20-21,23-24,28-29H,6-7,9,11-17H2,1-5H3/t18-,20?,21+,23+,24+,26+,27-/m1/s1. The molecule has 2 N–H and O–H groups in total. The summed E-state index contributed by atoms with van der Waals surface area (Å²) in [6.45, 7) is 11.4. The number of aliphatic hydroxyl groups is 2. The van der Waals surface area contributed by atoms with Crippen LogP contribution in [0.2, 0.25) is 0 Å². The molecule has 2 heteroatoms. The van der Waals surface area contributed by atoms with Gasteiger partial charge in [-0.2, -0.15) is 0 Å². The Hall–Kier alpha value is -0.600. The van der Waals surface area contributed by atoms with Crippen LogP contribution < -0.4 is 0 Å². The molecule has 0 aromatic rings. The minimum atomic E-state index is -0.538. The molecule has 164 valence electrons. The van der Waals surface area contributed by atoms with Crippen LogP contribution in [0.5, 0.6) is 0 Å². The molecule has 0 aromatic heterocycles. The van der Waals surface area contributed by atoms with Crippen LogP contribution in [0.25, 0.3) is 0 Å². The van der Waals surface area contributed by atoms with Crippen molar-refractivity contribution in [1.29, 1.82) is 0 Å². The number of hydrogen-bond acceptors (Lipinski definition) is 2. The van der Waals surface area contributed by atoms with E-state index in [1.807, 2.05) is 13.8 Å². The van der Waals surface area contributed by atoms with Gasteiger partial charge in [0.15, 0.2) is 0 Å². The van der Waals surface area contributed by atoms with Gasteiger partial charge in [0.1, 0.15) is 0 Å². The van der Waals surface area contributed by atoms with E-state index < -0.39 is 5.60 Å². The van der Waals surface area contributed by atoms with Crippen LogP contribution in [0.3, 0.4) is 0 Å². The van der Waals surface area contributed by atoms with Crippen molar-refractivity contribution in [2.45, 2.75) is 111 Å². The second-order valence-corrected chi connectivity index (χ2v) is 12.1. The molecule has 2 fully saturated rings. The third kappa shape index (κ3) is 3.78. The van der Waals surface area contributed by atoms with Crippen molar-refractivity contribution >= 4 is 0 Å². The summed E-state index contributed by atoms with van der Waals surface area (Å²) in [6, 6.07) is 0. The highest BCUT2D eigenvalue weighted by atomic mass is 16.3. The summed E-state index contributed by atoms with van der Waals surface area (Å²) in [4.78, 5) is 0. The maximum atomic E-state index is 10.2. The molecule has 0 saturated heterocycles. The van der Waals surface area contributed by atoms with Gasteiger partial charge in [0.05, 0.1) is 11.7 Å². The first-order valence-electron chi connectivity index (χ1n) is 12.3. The Bertz CT molecular complexity index is 683. The Morgan fingerprint density at radius 1 is 1.07 bits per heavy atom. The van der Waals surface area contributed by atoms with Gasteiger partial charge in [-0.3, -0.25) is 0 Å². The third-order valence-electron chi connectivity index (χ3n) is 9.68. The van der Waals surface area contributed by atoms with Gasteiger partial charge in [-0.1, -0.05) is 50.5 Å². The van der Waals surface area contributed by atoms with Gasteiger partial charge in [-0.15, -0.1) is 0 Å². The fraction of sp³-hybridized carbons (Fsp3) is 0.852. The van der Waals surface area contributed by atoms with E-state index in [1.54, 1.807) is 11.1 Å². The molecule has 4 aliphatic carbocycles. The molecule has 0 bridgehead atoms.